The van der Waals surface area contributed by atoms with E-state index in [1.165, 1.54) is 25.2 Å². The van der Waals surface area contributed by atoms with Gasteiger partial charge in [-0.3, -0.25) is 4.99 Å². The molecule has 0 N–H and O–H groups in total. The molecular weight excluding hydrogens is 179 g/mol. The summed E-state index contributed by atoms with van der Waals surface area (Å²) in [5.41, 5.74) is -0.655. The van der Waals surface area contributed by atoms with E-state index in [0.717, 1.165) is 6.07 Å². The average molecular weight is 187 g/mol. The Morgan fingerprint density at radius 1 is 1.31 bits per heavy atom. The van der Waals surface area contributed by atoms with Crippen molar-refractivity contribution in [3.63, 3.8) is 0 Å². The molecule has 0 heterocycles. The molecule has 0 aliphatic heterocycles. The first-order valence-electron chi connectivity index (χ1n) is 3.66. The first-order valence-corrected chi connectivity index (χ1v) is 3.66. The van der Waals surface area contributed by atoms with Gasteiger partial charge in [0, 0.05) is 12.6 Å². The standard InChI is InChI=1S/C9H8F3N/c1-13-8(9(11)12)6-4-2-3-5-7(6)10/h2-5,9H,1H3/b13-8+. The monoisotopic (exact) mass is 187 g/mol. The van der Waals surface area contributed by atoms with Crippen molar-refractivity contribution in [3.05, 3.63) is 35.6 Å². The summed E-state index contributed by atoms with van der Waals surface area (Å²) < 4.78 is 37.5. The van der Waals surface area contributed by atoms with E-state index in [1.54, 1.807) is 0 Å². The third kappa shape index (κ3) is 2.08. The average Bonchev–Trinajstić information content (AvgIpc) is 2.09. The van der Waals surface area contributed by atoms with Gasteiger partial charge in [-0.1, -0.05) is 12.1 Å². The summed E-state index contributed by atoms with van der Waals surface area (Å²) in [6.45, 7) is 0. The third-order valence-corrected chi connectivity index (χ3v) is 1.60. The maximum Gasteiger partial charge on any atom is 0.280 e. The van der Waals surface area contributed by atoms with Gasteiger partial charge >= 0.3 is 0 Å². The van der Waals surface area contributed by atoms with Crippen molar-refractivity contribution >= 4 is 5.71 Å². The van der Waals surface area contributed by atoms with Crippen LogP contribution in [-0.4, -0.2) is 19.2 Å². The quantitative estimate of drug-likeness (QED) is 0.631. The number of rotatable bonds is 2. The molecule has 0 atom stereocenters. The molecule has 70 valence electrons. The maximum atomic E-state index is 13.0. The minimum Gasteiger partial charge on any atom is -0.286 e. The van der Waals surface area contributed by atoms with E-state index in [9.17, 15) is 13.2 Å². The lowest BCUT2D eigenvalue weighted by Crippen LogP contribution is -2.13. The van der Waals surface area contributed by atoms with Crippen molar-refractivity contribution in [2.75, 3.05) is 7.05 Å². The number of nitrogens with zero attached hydrogens (tertiary/aromatic N) is 1. The fraction of sp³-hybridized carbons (Fsp3) is 0.222. The fourth-order valence-electron chi connectivity index (χ4n) is 1.00. The Morgan fingerprint density at radius 2 is 1.92 bits per heavy atom. The van der Waals surface area contributed by atoms with Gasteiger partial charge in [0.2, 0.25) is 0 Å². The molecule has 0 radical (unpaired) electrons. The Labute approximate surface area is 73.9 Å². The van der Waals surface area contributed by atoms with Crippen molar-refractivity contribution in [1.29, 1.82) is 0 Å². The highest BCUT2D eigenvalue weighted by atomic mass is 19.3. The van der Waals surface area contributed by atoms with Gasteiger partial charge in [0.15, 0.2) is 0 Å². The lowest BCUT2D eigenvalue weighted by Gasteiger charge is -2.04. The van der Waals surface area contributed by atoms with Crippen LogP contribution >= 0.6 is 0 Å². The highest BCUT2D eigenvalue weighted by molar-refractivity contribution is 6.02. The molecule has 0 fully saturated rings. The largest absolute Gasteiger partial charge is 0.286 e. The van der Waals surface area contributed by atoms with Crippen LogP contribution in [0.2, 0.25) is 0 Å². The zero-order valence-corrected chi connectivity index (χ0v) is 6.97. The Hall–Kier alpha value is -1.32. The number of halogens is 3. The molecule has 0 spiro atoms. The SMILES string of the molecule is C/N=C(\c1ccccc1F)C(F)F. The van der Waals surface area contributed by atoms with Gasteiger partial charge in [0.1, 0.15) is 11.5 Å². The molecule has 0 saturated carbocycles. The lowest BCUT2D eigenvalue weighted by molar-refractivity contribution is 0.226. The molecule has 0 aliphatic rings. The molecule has 0 amide bonds. The third-order valence-electron chi connectivity index (χ3n) is 1.60. The van der Waals surface area contributed by atoms with Crippen molar-refractivity contribution in [2.45, 2.75) is 6.43 Å². The predicted molar refractivity (Wildman–Crippen MR) is 44.9 cm³/mol. The smallest absolute Gasteiger partial charge is 0.280 e. The van der Waals surface area contributed by atoms with Gasteiger partial charge in [-0.2, -0.15) is 0 Å². The molecule has 13 heavy (non-hydrogen) atoms. The van der Waals surface area contributed by atoms with Crippen molar-refractivity contribution in [1.82, 2.24) is 0 Å². The molecule has 0 aliphatic carbocycles. The van der Waals surface area contributed by atoms with E-state index in [4.69, 9.17) is 0 Å². The zero-order valence-electron chi connectivity index (χ0n) is 6.97. The summed E-state index contributed by atoms with van der Waals surface area (Å²) in [7, 11) is 1.22. The first kappa shape index (κ1) is 9.77. The van der Waals surface area contributed by atoms with E-state index >= 15 is 0 Å². The highest BCUT2D eigenvalue weighted by Gasteiger charge is 2.17. The van der Waals surface area contributed by atoms with E-state index in [-0.39, 0.29) is 5.56 Å². The van der Waals surface area contributed by atoms with E-state index in [2.05, 4.69) is 4.99 Å². The van der Waals surface area contributed by atoms with Crippen molar-refractivity contribution in [3.8, 4) is 0 Å². The van der Waals surface area contributed by atoms with E-state index in [1.807, 2.05) is 0 Å². The number of aliphatic imine (C=N–C) groups is 1. The maximum absolute atomic E-state index is 13.0. The lowest BCUT2D eigenvalue weighted by atomic mass is 10.1. The number of hydrogen-bond donors (Lipinski definition) is 0. The second-order valence-electron chi connectivity index (χ2n) is 2.39. The number of alkyl halides is 2. The molecule has 4 heteroatoms. The molecule has 0 saturated heterocycles. The van der Waals surface area contributed by atoms with Crippen LogP contribution in [0.5, 0.6) is 0 Å². The molecule has 0 bridgehead atoms. The van der Waals surface area contributed by atoms with Crippen LogP contribution in [0.15, 0.2) is 29.3 Å². The zero-order chi connectivity index (χ0) is 9.84. The first-order chi connectivity index (χ1) is 6.16. The summed E-state index contributed by atoms with van der Waals surface area (Å²) in [5.74, 6) is -0.677. The summed E-state index contributed by atoms with van der Waals surface area (Å²) in [5, 5.41) is 0. The topological polar surface area (TPSA) is 12.4 Å². The van der Waals surface area contributed by atoms with Crippen molar-refractivity contribution in [2.24, 2.45) is 4.99 Å². The molecule has 0 aromatic heterocycles. The van der Waals surface area contributed by atoms with E-state index < -0.39 is 18.0 Å². The van der Waals surface area contributed by atoms with Crippen LogP contribution in [0, 0.1) is 5.82 Å². The molecule has 0 unspecified atom stereocenters. The van der Waals surface area contributed by atoms with Crippen LogP contribution in [0.4, 0.5) is 13.2 Å². The fourth-order valence-corrected chi connectivity index (χ4v) is 1.00. The predicted octanol–water partition coefficient (Wildman–Crippen LogP) is 2.51. The second-order valence-corrected chi connectivity index (χ2v) is 2.39. The van der Waals surface area contributed by atoms with Gasteiger partial charge in [-0.05, 0) is 12.1 Å². The second kappa shape index (κ2) is 4.07. The van der Waals surface area contributed by atoms with Crippen LogP contribution in [0.1, 0.15) is 5.56 Å². The molecular formula is C9H8F3N. The van der Waals surface area contributed by atoms with Gasteiger partial charge in [-0.25, -0.2) is 13.2 Å². The van der Waals surface area contributed by atoms with Gasteiger partial charge in [0.05, 0.1) is 0 Å². The summed E-state index contributed by atoms with van der Waals surface area (Å²) in [6.07, 6.45) is -2.75. The molecule has 1 nitrogen and oxygen atoms in total. The Morgan fingerprint density at radius 3 is 2.38 bits per heavy atom. The Balaban J connectivity index is 3.13. The Kier molecular flexibility index (Phi) is 3.06. The van der Waals surface area contributed by atoms with Gasteiger partial charge in [-0.15, -0.1) is 0 Å². The molecule has 1 aromatic rings. The normalized spacial score (nSPS) is 12.2. The molecule has 1 rings (SSSR count). The Bertz CT molecular complexity index is 320. The van der Waals surface area contributed by atoms with Crippen LogP contribution in [-0.2, 0) is 0 Å². The highest BCUT2D eigenvalue weighted by Crippen LogP contribution is 2.12. The van der Waals surface area contributed by atoms with Gasteiger partial charge in [0.25, 0.3) is 6.43 Å². The van der Waals surface area contributed by atoms with Crippen LogP contribution < -0.4 is 0 Å². The minimum atomic E-state index is -2.75. The number of benzene rings is 1. The molecule has 1 aromatic carbocycles. The summed E-state index contributed by atoms with van der Waals surface area (Å²) in [6, 6.07) is 5.34. The van der Waals surface area contributed by atoms with Gasteiger partial charge < -0.3 is 0 Å². The number of hydrogen-bond acceptors (Lipinski definition) is 1. The minimum absolute atomic E-state index is 0.139. The summed E-state index contributed by atoms with van der Waals surface area (Å²) in [4.78, 5) is 3.35. The van der Waals surface area contributed by atoms with E-state index in [0.29, 0.717) is 0 Å². The van der Waals surface area contributed by atoms with Crippen LogP contribution in [0.25, 0.3) is 0 Å². The van der Waals surface area contributed by atoms with Crippen LogP contribution in [0.3, 0.4) is 0 Å². The summed E-state index contributed by atoms with van der Waals surface area (Å²) >= 11 is 0. The van der Waals surface area contributed by atoms with Crippen molar-refractivity contribution < 1.29 is 13.2 Å².